The highest BCUT2D eigenvalue weighted by Crippen LogP contribution is 2.19. The first-order valence-corrected chi connectivity index (χ1v) is 5.81. The predicted octanol–water partition coefficient (Wildman–Crippen LogP) is 0.844. The topological polar surface area (TPSA) is 58.6 Å². The molecule has 1 unspecified atom stereocenters. The molecule has 92 valence electrons. The van der Waals surface area contributed by atoms with Gasteiger partial charge in [0, 0.05) is 6.54 Å². The zero-order valence-electron chi connectivity index (χ0n) is 9.69. The summed E-state index contributed by atoms with van der Waals surface area (Å²) in [6, 6.07) is 9.52. The second-order valence-corrected chi connectivity index (χ2v) is 4.47. The van der Waals surface area contributed by atoms with E-state index >= 15 is 0 Å². The SMILES string of the molecule is O=C(CC1(O)CCNC1)OCc1ccccc1. The number of aliphatic hydroxyl groups is 1. The lowest BCUT2D eigenvalue weighted by atomic mass is 9.99. The summed E-state index contributed by atoms with van der Waals surface area (Å²) in [6.45, 7) is 1.49. The number of rotatable bonds is 4. The first kappa shape index (κ1) is 12.1. The third-order valence-electron chi connectivity index (χ3n) is 2.94. The van der Waals surface area contributed by atoms with Gasteiger partial charge < -0.3 is 15.2 Å². The summed E-state index contributed by atoms with van der Waals surface area (Å²) >= 11 is 0. The minimum atomic E-state index is -0.923. The van der Waals surface area contributed by atoms with Crippen LogP contribution in [-0.4, -0.2) is 29.8 Å². The van der Waals surface area contributed by atoms with Crippen molar-refractivity contribution >= 4 is 5.97 Å². The molecule has 2 rings (SSSR count). The van der Waals surface area contributed by atoms with Crippen molar-refractivity contribution in [3.8, 4) is 0 Å². The largest absolute Gasteiger partial charge is 0.461 e. The van der Waals surface area contributed by atoms with Crippen molar-refractivity contribution in [1.82, 2.24) is 5.32 Å². The van der Waals surface area contributed by atoms with Crippen LogP contribution in [0.4, 0.5) is 0 Å². The molecule has 1 aliphatic rings. The Balaban J connectivity index is 1.78. The predicted molar refractivity (Wildman–Crippen MR) is 63.3 cm³/mol. The molecule has 1 aliphatic heterocycles. The third kappa shape index (κ3) is 3.54. The number of carbonyl (C=O) groups is 1. The van der Waals surface area contributed by atoms with Gasteiger partial charge in [0.2, 0.25) is 0 Å². The Morgan fingerprint density at radius 2 is 2.18 bits per heavy atom. The Hall–Kier alpha value is -1.39. The van der Waals surface area contributed by atoms with Crippen LogP contribution in [0.3, 0.4) is 0 Å². The van der Waals surface area contributed by atoms with Gasteiger partial charge in [-0.15, -0.1) is 0 Å². The van der Waals surface area contributed by atoms with E-state index in [0.29, 0.717) is 13.0 Å². The molecule has 0 bridgehead atoms. The molecule has 1 aromatic carbocycles. The molecule has 1 atom stereocenters. The quantitative estimate of drug-likeness (QED) is 0.759. The molecule has 1 fully saturated rings. The second kappa shape index (κ2) is 5.29. The lowest BCUT2D eigenvalue weighted by Crippen LogP contribution is -2.34. The number of carbonyl (C=O) groups excluding carboxylic acids is 1. The van der Waals surface area contributed by atoms with Gasteiger partial charge in [-0.05, 0) is 18.5 Å². The maximum atomic E-state index is 11.6. The maximum absolute atomic E-state index is 11.6. The van der Waals surface area contributed by atoms with E-state index in [1.165, 1.54) is 0 Å². The van der Waals surface area contributed by atoms with E-state index in [1.807, 2.05) is 30.3 Å². The average molecular weight is 235 g/mol. The minimum Gasteiger partial charge on any atom is -0.461 e. The van der Waals surface area contributed by atoms with Gasteiger partial charge in [0.15, 0.2) is 0 Å². The Kier molecular flexibility index (Phi) is 3.76. The Labute approximate surface area is 101 Å². The molecule has 1 aromatic rings. The summed E-state index contributed by atoms with van der Waals surface area (Å²) in [7, 11) is 0. The van der Waals surface area contributed by atoms with Gasteiger partial charge in [-0.25, -0.2) is 0 Å². The molecule has 0 aromatic heterocycles. The van der Waals surface area contributed by atoms with Crippen LogP contribution in [0.1, 0.15) is 18.4 Å². The van der Waals surface area contributed by atoms with E-state index in [-0.39, 0.29) is 19.0 Å². The minimum absolute atomic E-state index is 0.0623. The van der Waals surface area contributed by atoms with Crippen molar-refractivity contribution in [1.29, 1.82) is 0 Å². The Morgan fingerprint density at radius 3 is 2.82 bits per heavy atom. The van der Waals surface area contributed by atoms with Gasteiger partial charge in [0.1, 0.15) is 6.61 Å². The van der Waals surface area contributed by atoms with Crippen molar-refractivity contribution < 1.29 is 14.6 Å². The number of benzene rings is 1. The van der Waals surface area contributed by atoms with Crippen LogP contribution in [0.5, 0.6) is 0 Å². The summed E-state index contributed by atoms with van der Waals surface area (Å²) in [4.78, 5) is 11.6. The number of ether oxygens (including phenoxy) is 1. The van der Waals surface area contributed by atoms with Gasteiger partial charge in [0.05, 0.1) is 12.0 Å². The summed E-state index contributed by atoms with van der Waals surface area (Å²) < 4.78 is 5.13. The van der Waals surface area contributed by atoms with E-state index in [9.17, 15) is 9.90 Å². The smallest absolute Gasteiger partial charge is 0.309 e. The fourth-order valence-corrected chi connectivity index (χ4v) is 1.94. The Morgan fingerprint density at radius 1 is 1.41 bits per heavy atom. The van der Waals surface area contributed by atoms with Crippen molar-refractivity contribution in [2.45, 2.75) is 25.0 Å². The van der Waals surface area contributed by atoms with Crippen molar-refractivity contribution in [2.24, 2.45) is 0 Å². The first-order chi connectivity index (χ1) is 8.18. The molecule has 1 heterocycles. The first-order valence-electron chi connectivity index (χ1n) is 5.81. The third-order valence-corrected chi connectivity index (χ3v) is 2.94. The molecule has 17 heavy (non-hydrogen) atoms. The molecule has 1 saturated heterocycles. The molecule has 4 heteroatoms. The second-order valence-electron chi connectivity index (χ2n) is 4.47. The van der Waals surface area contributed by atoms with Gasteiger partial charge in [-0.1, -0.05) is 30.3 Å². The number of hydrogen-bond donors (Lipinski definition) is 2. The van der Waals surface area contributed by atoms with E-state index in [4.69, 9.17) is 4.74 Å². The number of hydrogen-bond acceptors (Lipinski definition) is 4. The van der Waals surface area contributed by atoms with Crippen LogP contribution in [0.25, 0.3) is 0 Å². The van der Waals surface area contributed by atoms with E-state index in [2.05, 4.69) is 5.32 Å². The molecular weight excluding hydrogens is 218 g/mol. The lowest BCUT2D eigenvalue weighted by Gasteiger charge is -2.19. The zero-order valence-corrected chi connectivity index (χ0v) is 9.69. The molecular formula is C13H17NO3. The van der Waals surface area contributed by atoms with Crippen LogP contribution >= 0.6 is 0 Å². The number of esters is 1. The fraction of sp³-hybridized carbons (Fsp3) is 0.462. The monoisotopic (exact) mass is 235 g/mol. The van der Waals surface area contributed by atoms with Gasteiger partial charge in [-0.3, -0.25) is 4.79 Å². The number of nitrogens with one attached hydrogen (secondary N) is 1. The van der Waals surface area contributed by atoms with Crippen molar-refractivity contribution in [2.75, 3.05) is 13.1 Å². The van der Waals surface area contributed by atoms with E-state index < -0.39 is 5.60 Å². The van der Waals surface area contributed by atoms with E-state index in [1.54, 1.807) is 0 Å². The fourth-order valence-electron chi connectivity index (χ4n) is 1.94. The molecule has 0 amide bonds. The standard InChI is InChI=1S/C13H17NO3/c15-12(8-13(16)6-7-14-10-13)17-9-11-4-2-1-3-5-11/h1-5,14,16H,6-10H2. The normalized spacial score (nSPS) is 23.6. The summed E-state index contributed by atoms with van der Waals surface area (Å²) in [6.07, 6.45) is 0.667. The molecule has 0 aliphatic carbocycles. The number of β-amino-alcohol motifs (C(OH)–C–C–N with tert-alkyl or cyclic N) is 1. The maximum Gasteiger partial charge on any atom is 0.309 e. The van der Waals surface area contributed by atoms with E-state index in [0.717, 1.165) is 12.1 Å². The highest BCUT2D eigenvalue weighted by Gasteiger charge is 2.34. The van der Waals surface area contributed by atoms with Crippen LogP contribution in [0, 0.1) is 0 Å². The van der Waals surface area contributed by atoms with Gasteiger partial charge in [-0.2, -0.15) is 0 Å². The lowest BCUT2D eigenvalue weighted by molar-refractivity contribution is -0.149. The summed E-state index contributed by atoms with van der Waals surface area (Å²) in [5.74, 6) is -0.347. The van der Waals surface area contributed by atoms with Gasteiger partial charge in [0.25, 0.3) is 0 Å². The molecule has 0 radical (unpaired) electrons. The molecule has 2 N–H and O–H groups in total. The molecule has 4 nitrogen and oxygen atoms in total. The van der Waals surface area contributed by atoms with Crippen molar-refractivity contribution in [3.63, 3.8) is 0 Å². The van der Waals surface area contributed by atoms with Crippen LogP contribution in [0.15, 0.2) is 30.3 Å². The average Bonchev–Trinajstić information content (AvgIpc) is 2.74. The zero-order chi connectivity index (χ0) is 12.1. The van der Waals surface area contributed by atoms with Crippen LogP contribution < -0.4 is 5.32 Å². The Bertz CT molecular complexity index is 372. The van der Waals surface area contributed by atoms with Gasteiger partial charge >= 0.3 is 5.97 Å². The highest BCUT2D eigenvalue weighted by molar-refractivity contribution is 5.70. The molecule has 0 spiro atoms. The molecule has 0 saturated carbocycles. The summed E-state index contributed by atoms with van der Waals surface area (Å²) in [5.41, 5.74) is 0.0331. The van der Waals surface area contributed by atoms with Crippen LogP contribution in [-0.2, 0) is 16.1 Å². The van der Waals surface area contributed by atoms with Crippen molar-refractivity contribution in [3.05, 3.63) is 35.9 Å². The van der Waals surface area contributed by atoms with Crippen LogP contribution in [0.2, 0.25) is 0 Å². The highest BCUT2D eigenvalue weighted by atomic mass is 16.5. The summed E-state index contributed by atoms with van der Waals surface area (Å²) in [5, 5.41) is 13.0.